The van der Waals surface area contributed by atoms with E-state index in [1.807, 2.05) is 6.92 Å². The first-order valence-corrected chi connectivity index (χ1v) is 9.42. The van der Waals surface area contributed by atoms with Crippen LogP contribution in [-0.2, 0) is 19.1 Å². The van der Waals surface area contributed by atoms with Gasteiger partial charge < -0.3 is 9.73 Å². The van der Waals surface area contributed by atoms with E-state index >= 15 is 0 Å². The molecule has 2 aromatic carbocycles. The molecule has 0 saturated heterocycles. The van der Waals surface area contributed by atoms with E-state index in [2.05, 4.69) is 26.6 Å². The molecule has 1 aromatic heterocycles. The molecule has 10 heteroatoms. The number of alkyl halides is 3. The Morgan fingerprint density at radius 2 is 1.83 bits per heavy atom. The van der Waals surface area contributed by atoms with Gasteiger partial charge in [-0.3, -0.25) is 10.9 Å². The minimum Gasteiger partial charge on any atom is -0.457 e. The summed E-state index contributed by atoms with van der Waals surface area (Å²) < 4.78 is 60.2. The zero-order valence-electron chi connectivity index (χ0n) is 16.0. The second-order valence-corrected chi connectivity index (χ2v) is 6.99. The largest absolute Gasteiger partial charge is 0.457 e. The SMILES string of the molecule is CCCc1ccc(NCc2cc3cc(C4NN=NN4)oc3cc2F)cc1C(F)(F)F. The van der Waals surface area contributed by atoms with Gasteiger partial charge in [-0.25, -0.2) is 4.39 Å². The van der Waals surface area contributed by atoms with Crippen molar-refractivity contribution in [1.29, 1.82) is 0 Å². The lowest BCUT2D eigenvalue weighted by atomic mass is 10.0. The van der Waals surface area contributed by atoms with Crippen LogP contribution in [0.4, 0.5) is 23.2 Å². The molecule has 3 aromatic rings. The minimum absolute atomic E-state index is 0.0251. The summed E-state index contributed by atoms with van der Waals surface area (Å²) in [6.07, 6.45) is -3.93. The van der Waals surface area contributed by atoms with Gasteiger partial charge in [0.15, 0.2) is 11.9 Å². The van der Waals surface area contributed by atoms with Gasteiger partial charge in [-0.1, -0.05) is 29.9 Å². The summed E-state index contributed by atoms with van der Waals surface area (Å²) in [5, 5.41) is 10.7. The van der Waals surface area contributed by atoms with E-state index < -0.39 is 23.7 Å². The van der Waals surface area contributed by atoms with E-state index in [1.165, 1.54) is 12.1 Å². The van der Waals surface area contributed by atoms with Crippen molar-refractivity contribution in [2.75, 3.05) is 5.32 Å². The zero-order chi connectivity index (χ0) is 21.3. The topological polar surface area (TPSA) is 74.0 Å². The number of hydrogen-bond donors (Lipinski definition) is 3. The molecule has 3 N–H and O–H groups in total. The van der Waals surface area contributed by atoms with E-state index in [9.17, 15) is 17.6 Å². The third-order valence-corrected chi connectivity index (χ3v) is 4.83. The standard InChI is InChI=1S/C20H19F4N5O/c1-2-3-11-4-5-14(8-15(11)20(22,23)24)25-10-13-6-12-7-18(19-26-28-29-27-19)30-17(12)9-16(13)21/h4-9,19,25H,2-3,10H2,1H3,(H,26,29)(H,27,28). The Balaban J connectivity index is 1.55. The van der Waals surface area contributed by atoms with Gasteiger partial charge in [-0.2, -0.15) is 13.2 Å². The zero-order valence-corrected chi connectivity index (χ0v) is 16.0. The van der Waals surface area contributed by atoms with Gasteiger partial charge in [-0.05, 0) is 36.2 Å². The van der Waals surface area contributed by atoms with E-state index in [0.717, 1.165) is 6.07 Å². The number of nitrogens with one attached hydrogen (secondary N) is 3. The molecule has 30 heavy (non-hydrogen) atoms. The molecule has 158 valence electrons. The summed E-state index contributed by atoms with van der Waals surface area (Å²) in [6.45, 7) is 1.85. The highest BCUT2D eigenvalue weighted by Crippen LogP contribution is 2.35. The Hall–Kier alpha value is -3.30. The summed E-state index contributed by atoms with van der Waals surface area (Å²) in [5.41, 5.74) is 5.91. The maximum absolute atomic E-state index is 14.5. The number of fused-ring (bicyclic) bond motifs is 1. The van der Waals surface area contributed by atoms with Gasteiger partial charge in [0.1, 0.15) is 11.4 Å². The predicted molar refractivity (Wildman–Crippen MR) is 103 cm³/mol. The lowest BCUT2D eigenvalue weighted by Gasteiger charge is -2.15. The van der Waals surface area contributed by atoms with Crippen molar-refractivity contribution < 1.29 is 22.0 Å². The van der Waals surface area contributed by atoms with Crippen molar-refractivity contribution in [2.45, 2.75) is 38.7 Å². The van der Waals surface area contributed by atoms with Crippen molar-refractivity contribution in [3.63, 3.8) is 0 Å². The lowest BCUT2D eigenvalue weighted by Crippen LogP contribution is -2.19. The monoisotopic (exact) mass is 421 g/mol. The first kappa shape index (κ1) is 20.0. The Morgan fingerprint density at radius 1 is 1.07 bits per heavy atom. The summed E-state index contributed by atoms with van der Waals surface area (Å²) in [6, 6.07) is 8.70. The van der Waals surface area contributed by atoms with Crippen molar-refractivity contribution in [3.05, 3.63) is 64.7 Å². The number of rotatable bonds is 6. The molecule has 0 aliphatic carbocycles. The Bertz CT molecular complexity index is 1080. The molecule has 4 rings (SSSR count). The minimum atomic E-state index is -4.44. The van der Waals surface area contributed by atoms with Crippen LogP contribution in [0.3, 0.4) is 0 Å². The quantitative estimate of drug-likeness (QED) is 0.451. The molecule has 0 fully saturated rings. The molecule has 0 spiro atoms. The van der Waals surface area contributed by atoms with Crippen LogP contribution in [0.15, 0.2) is 51.3 Å². The molecule has 0 bridgehead atoms. The molecule has 6 nitrogen and oxygen atoms in total. The van der Waals surface area contributed by atoms with Crippen molar-refractivity contribution in [3.8, 4) is 0 Å². The number of hydrogen-bond acceptors (Lipinski definition) is 6. The number of furan rings is 1. The fraction of sp³-hybridized carbons (Fsp3) is 0.300. The molecule has 0 radical (unpaired) electrons. The first-order chi connectivity index (χ1) is 14.3. The summed E-state index contributed by atoms with van der Waals surface area (Å²) >= 11 is 0. The average molecular weight is 421 g/mol. The number of aryl methyl sites for hydroxylation is 1. The van der Waals surface area contributed by atoms with Crippen molar-refractivity contribution in [2.24, 2.45) is 10.4 Å². The second-order valence-electron chi connectivity index (χ2n) is 6.99. The number of benzene rings is 2. The van der Waals surface area contributed by atoms with Gasteiger partial charge in [0.25, 0.3) is 0 Å². The lowest BCUT2D eigenvalue weighted by molar-refractivity contribution is -0.138. The van der Waals surface area contributed by atoms with Crippen LogP contribution in [0, 0.1) is 5.82 Å². The van der Waals surface area contributed by atoms with Crippen LogP contribution in [-0.4, -0.2) is 0 Å². The Labute approximate surface area is 169 Å². The van der Waals surface area contributed by atoms with Crippen molar-refractivity contribution in [1.82, 2.24) is 10.9 Å². The van der Waals surface area contributed by atoms with Crippen LogP contribution in [0.1, 0.15) is 42.0 Å². The Morgan fingerprint density at radius 3 is 2.53 bits per heavy atom. The second kappa shape index (κ2) is 7.85. The number of anilines is 1. The molecule has 0 atom stereocenters. The van der Waals surface area contributed by atoms with Gasteiger partial charge in [-0.15, -0.1) is 0 Å². The summed E-state index contributed by atoms with van der Waals surface area (Å²) in [7, 11) is 0. The van der Waals surface area contributed by atoms with Crippen LogP contribution >= 0.6 is 0 Å². The predicted octanol–water partition coefficient (Wildman–Crippen LogP) is 5.63. The summed E-state index contributed by atoms with van der Waals surface area (Å²) in [4.78, 5) is 0. The Kier molecular flexibility index (Phi) is 5.23. The highest BCUT2D eigenvalue weighted by atomic mass is 19.4. The van der Waals surface area contributed by atoms with Crippen LogP contribution in [0.5, 0.6) is 0 Å². The molecule has 0 unspecified atom stereocenters. The smallest absolute Gasteiger partial charge is 0.416 e. The highest BCUT2D eigenvalue weighted by Gasteiger charge is 2.33. The maximum Gasteiger partial charge on any atom is 0.416 e. The molecule has 1 aliphatic heterocycles. The van der Waals surface area contributed by atoms with E-state index in [4.69, 9.17) is 4.42 Å². The molecular formula is C20H19F4N5O. The van der Waals surface area contributed by atoms with Gasteiger partial charge >= 0.3 is 6.18 Å². The van der Waals surface area contributed by atoms with E-state index in [0.29, 0.717) is 35.1 Å². The molecular weight excluding hydrogens is 402 g/mol. The average Bonchev–Trinajstić information content (AvgIpc) is 3.35. The van der Waals surface area contributed by atoms with Crippen LogP contribution < -0.4 is 16.2 Å². The normalized spacial score (nSPS) is 14.2. The van der Waals surface area contributed by atoms with Gasteiger partial charge in [0.2, 0.25) is 0 Å². The highest BCUT2D eigenvalue weighted by molar-refractivity contribution is 5.79. The third kappa shape index (κ3) is 4.03. The van der Waals surface area contributed by atoms with E-state index in [-0.39, 0.29) is 17.8 Å². The molecule has 0 amide bonds. The molecule has 1 aliphatic rings. The van der Waals surface area contributed by atoms with Crippen LogP contribution in [0.25, 0.3) is 11.0 Å². The fourth-order valence-corrected chi connectivity index (χ4v) is 3.37. The van der Waals surface area contributed by atoms with Crippen molar-refractivity contribution >= 4 is 16.7 Å². The molecule has 0 saturated carbocycles. The summed E-state index contributed by atoms with van der Waals surface area (Å²) in [5.74, 6) is -0.0305. The number of halogens is 4. The van der Waals surface area contributed by atoms with Crippen LogP contribution in [0.2, 0.25) is 0 Å². The van der Waals surface area contributed by atoms with E-state index in [1.54, 1.807) is 18.2 Å². The number of nitrogens with zero attached hydrogens (tertiary/aromatic N) is 2. The molecule has 2 heterocycles. The first-order valence-electron chi connectivity index (χ1n) is 9.42. The van der Waals surface area contributed by atoms with Gasteiger partial charge in [0, 0.05) is 29.2 Å². The third-order valence-electron chi connectivity index (χ3n) is 4.83. The van der Waals surface area contributed by atoms with Gasteiger partial charge in [0.05, 0.1) is 5.56 Å². The fourth-order valence-electron chi connectivity index (χ4n) is 3.37. The maximum atomic E-state index is 14.5.